The van der Waals surface area contributed by atoms with Gasteiger partial charge in [-0.3, -0.25) is 14.2 Å². The van der Waals surface area contributed by atoms with Crippen molar-refractivity contribution in [2.24, 2.45) is 0 Å². The molecule has 0 atom stereocenters. The molecule has 170 valence electrons. The molecule has 0 radical (unpaired) electrons. The summed E-state index contributed by atoms with van der Waals surface area (Å²) in [5, 5.41) is 5.11. The molecule has 0 spiro atoms. The molecule has 0 aliphatic carbocycles. The highest BCUT2D eigenvalue weighted by Gasteiger charge is 2.39. The smallest absolute Gasteiger partial charge is 0.437 e. The topological polar surface area (TPSA) is 116 Å². The van der Waals surface area contributed by atoms with Crippen LogP contribution in [0.25, 0.3) is 0 Å². The highest BCUT2D eigenvalue weighted by molar-refractivity contribution is 6.31. The van der Waals surface area contributed by atoms with Crippen molar-refractivity contribution in [1.82, 2.24) is 19.7 Å². The van der Waals surface area contributed by atoms with E-state index >= 15 is 0 Å². The summed E-state index contributed by atoms with van der Waals surface area (Å²) in [5.41, 5.74) is 0.590. The fourth-order valence-corrected chi connectivity index (χ4v) is 2.84. The van der Waals surface area contributed by atoms with E-state index in [1.54, 1.807) is 0 Å². The third-order valence-corrected chi connectivity index (χ3v) is 4.27. The number of ether oxygens (including phenoxy) is 1. The Labute approximate surface area is 180 Å². The van der Waals surface area contributed by atoms with Crippen LogP contribution in [-0.2, 0) is 18.6 Å². The summed E-state index contributed by atoms with van der Waals surface area (Å²) in [6, 6.07) is 4.29. The SMILES string of the molecule is CC(F)(F)c1cc(Cn2cnc(C(F)(F)F)c(Oc3cc(N)cc(Cl)c3)c2=O)c(=O)[nH]n1. The van der Waals surface area contributed by atoms with Crippen LogP contribution in [0.4, 0.5) is 27.6 Å². The van der Waals surface area contributed by atoms with Gasteiger partial charge in [0.1, 0.15) is 11.4 Å². The molecule has 0 bridgehead atoms. The van der Waals surface area contributed by atoms with Crippen LogP contribution in [0.1, 0.15) is 23.9 Å². The average Bonchev–Trinajstić information content (AvgIpc) is 2.64. The van der Waals surface area contributed by atoms with E-state index < -0.39 is 46.9 Å². The number of nitrogens with one attached hydrogen (secondary N) is 1. The molecule has 0 amide bonds. The summed E-state index contributed by atoms with van der Waals surface area (Å²) < 4.78 is 73.0. The number of halogens is 6. The third kappa shape index (κ3) is 5.04. The number of benzene rings is 1. The number of aromatic nitrogens is 4. The molecule has 32 heavy (non-hydrogen) atoms. The maximum atomic E-state index is 13.5. The molecule has 14 heteroatoms. The van der Waals surface area contributed by atoms with Gasteiger partial charge >= 0.3 is 6.18 Å². The van der Waals surface area contributed by atoms with Crippen molar-refractivity contribution in [3.63, 3.8) is 0 Å². The summed E-state index contributed by atoms with van der Waals surface area (Å²) in [7, 11) is 0. The van der Waals surface area contributed by atoms with Crippen LogP contribution in [0, 0.1) is 0 Å². The fourth-order valence-electron chi connectivity index (χ4n) is 2.61. The highest BCUT2D eigenvalue weighted by atomic mass is 35.5. The molecule has 0 saturated carbocycles. The molecular weight excluding hydrogens is 465 g/mol. The number of nitrogen functional groups attached to an aromatic ring is 1. The number of aromatic amines is 1. The van der Waals surface area contributed by atoms with E-state index in [9.17, 15) is 31.5 Å². The second kappa shape index (κ2) is 8.22. The average molecular weight is 478 g/mol. The quantitative estimate of drug-likeness (QED) is 0.429. The number of hydrogen-bond acceptors (Lipinski definition) is 6. The number of nitrogens with two attached hydrogens (primary N) is 1. The predicted molar refractivity (Wildman–Crippen MR) is 103 cm³/mol. The maximum Gasteiger partial charge on any atom is 0.437 e. The molecule has 1 aromatic carbocycles. The number of hydrogen-bond donors (Lipinski definition) is 2. The van der Waals surface area contributed by atoms with Gasteiger partial charge in [-0.05, 0) is 18.2 Å². The van der Waals surface area contributed by atoms with E-state index in [2.05, 4.69) is 10.1 Å². The normalized spacial score (nSPS) is 12.1. The van der Waals surface area contributed by atoms with Crippen molar-refractivity contribution in [2.75, 3.05) is 5.73 Å². The highest BCUT2D eigenvalue weighted by Crippen LogP contribution is 2.35. The maximum absolute atomic E-state index is 13.5. The first-order valence-corrected chi connectivity index (χ1v) is 9.01. The van der Waals surface area contributed by atoms with Gasteiger partial charge in [0.2, 0.25) is 5.75 Å². The standard InChI is InChI=1S/C18H13ClF5N5O3/c1-17(20,21)12-2-8(15(30)28-27-12)6-29-7-26-14(18(22,23)24)13(16(29)31)32-11-4-9(19)3-10(25)5-11/h2-5,7H,6,25H2,1H3,(H,28,30). The lowest BCUT2D eigenvalue weighted by atomic mass is 10.2. The van der Waals surface area contributed by atoms with E-state index in [4.69, 9.17) is 22.1 Å². The van der Waals surface area contributed by atoms with Gasteiger partial charge in [0.05, 0.1) is 12.9 Å². The molecule has 2 heterocycles. The van der Waals surface area contributed by atoms with Crippen molar-refractivity contribution < 1.29 is 26.7 Å². The van der Waals surface area contributed by atoms with Crippen molar-refractivity contribution in [3.8, 4) is 11.5 Å². The fraction of sp³-hybridized carbons (Fsp3) is 0.222. The molecule has 0 aliphatic rings. The van der Waals surface area contributed by atoms with E-state index in [1.807, 2.05) is 5.10 Å². The largest absolute Gasteiger partial charge is 0.449 e. The number of anilines is 1. The summed E-state index contributed by atoms with van der Waals surface area (Å²) in [4.78, 5) is 27.9. The molecule has 8 nitrogen and oxygen atoms in total. The zero-order valence-electron chi connectivity index (χ0n) is 16.0. The van der Waals surface area contributed by atoms with Gasteiger partial charge in [-0.1, -0.05) is 11.6 Å². The van der Waals surface area contributed by atoms with Crippen LogP contribution in [-0.4, -0.2) is 19.7 Å². The lowest BCUT2D eigenvalue weighted by molar-refractivity contribution is -0.142. The van der Waals surface area contributed by atoms with Crippen LogP contribution in [0.15, 0.2) is 40.2 Å². The van der Waals surface area contributed by atoms with Crippen molar-refractivity contribution >= 4 is 17.3 Å². The Morgan fingerprint density at radius 2 is 1.84 bits per heavy atom. The second-order valence-electron chi connectivity index (χ2n) is 6.67. The Kier molecular flexibility index (Phi) is 5.96. The van der Waals surface area contributed by atoms with Crippen LogP contribution in [0.3, 0.4) is 0 Å². The van der Waals surface area contributed by atoms with Gasteiger partial charge in [-0.25, -0.2) is 10.1 Å². The molecule has 0 unspecified atom stereocenters. The van der Waals surface area contributed by atoms with E-state index in [-0.39, 0.29) is 22.0 Å². The zero-order chi connectivity index (χ0) is 23.8. The number of H-pyrrole nitrogens is 1. The Hall–Kier alpha value is -3.48. The minimum absolute atomic E-state index is 0.0362. The van der Waals surface area contributed by atoms with Crippen LogP contribution < -0.4 is 21.6 Å². The van der Waals surface area contributed by atoms with Gasteiger partial charge in [0.15, 0.2) is 5.69 Å². The summed E-state index contributed by atoms with van der Waals surface area (Å²) in [5.74, 6) is -4.90. The monoisotopic (exact) mass is 477 g/mol. The Balaban J connectivity index is 2.11. The van der Waals surface area contributed by atoms with Crippen molar-refractivity contribution in [2.45, 2.75) is 25.6 Å². The van der Waals surface area contributed by atoms with Crippen LogP contribution in [0.2, 0.25) is 5.02 Å². The summed E-state index contributed by atoms with van der Waals surface area (Å²) >= 11 is 5.81. The van der Waals surface area contributed by atoms with Crippen molar-refractivity contribution in [3.05, 3.63) is 73.3 Å². The van der Waals surface area contributed by atoms with Gasteiger partial charge in [0.25, 0.3) is 17.0 Å². The molecule has 3 N–H and O–H groups in total. The minimum Gasteiger partial charge on any atom is -0.449 e. The molecule has 0 fully saturated rings. The summed E-state index contributed by atoms with van der Waals surface area (Å²) in [6.45, 7) is -0.148. The van der Waals surface area contributed by atoms with E-state index in [0.29, 0.717) is 17.8 Å². The first-order valence-electron chi connectivity index (χ1n) is 8.63. The van der Waals surface area contributed by atoms with Gasteiger partial charge < -0.3 is 10.5 Å². The molecule has 0 aliphatic heterocycles. The van der Waals surface area contributed by atoms with E-state index in [0.717, 1.165) is 18.2 Å². The second-order valence-corrected chi connectivity index (χ2v) is 7.11. The number of nitrogens with zero attached hydrogens (tertiary/aromatic N) is 3. The molecular formula is C18H13ClF5N5O3. The molecule has 2 aromatic heterocycles. The molecule has 0 saturated heterocycles. The van der Waals surface area contributed by atoms with Crippen molar-refractivity contribution in [1.29, 1.82) is 0 Å². The predicted octanol–water partition coefficient (Wildman–Crippen LogP) is 3.53. The lowest BCUT2D eigenvalue weighted by Gasteiger charge is -2.15. The first-order chi connectivity index (χ1) is 14.8. The minimum atomic E-state index is -5.07. The van der Waals surface area contributed by atoms with Gasteiger partial charge in [-0.15, -0.1) is 0 Å². The molecule has 3 rings (SSSR count). The summed E-state index contributed by atoms with van der Waals surface area (Å²) in [6.07, 6.45) is -4.54. The Morgan fingerprint density at radius 3 is 2.44 bits per heavy atom. The Bertz CT molecular complexity index is 1260. The number of alkyl halides is 5. The Morgan fingerprint density at radius 1 is 1.16 bits per heavy atom. The van der Waals surface area contributed by atoms with Crippen LogP contribution in [0.5, 0.6) is 11.5 Å². The third-order valence-electron chi connectivity index (χ3n) is 4.05. The number of rotatable bonds is 5. The molecule has 3 aromatic rings. The van der Waals surface area contributed by atoms with Gasteiger partial charge in [0, 0.05) is 29.3 Å². The lowest BCUT2D eigenvalue weighted by Crippen LogP contribution is -2.29. The van der Waals surface area contributed by atoms with Gasteiger partial charge in [-0.2, -0.15) is 27.1 Å². The zero-order valence-corrected chi connectivity index (χ0v) is 16.8. The first kappa shape index (κ1) is 23.2. The van der Waals surface area contributed by atoms with E-state index in [1.165, 1.54) is 6.07 Å². The van der Waals surface area contributed by atoms with Crippen LogP contribution >= 0.6 is 11.6 Å².